The lowest BCUT2D eigenvalue weighted by Gasteiger charge is -2.08. The van der Waals surface area contributed by atoms with Crippen molar-refractivity contribution in [3.05, 3.63) is 65.2 Å². The van der Waals surface area contributed by atoms with Crippen molar-refractivity contribution in [2.24, 2.45) is 0 Å². The molecule has 2 N–H and O–H groups in total. The number of carbonyl (C=O) groups is 1. The Balaban J connectivity index is 1.72. The number of fused-ring (bicyclic) bond motifs is 2. The maximum Gasteiger partial charge on any atom is 0.328 e. The molecule has 27 heavy (non-hydrogen) atoms. The number of aryl methyl sites for hydroxylation is 2. The maximum atomic E-state index is 10.7. The van der Waals surface area contributed by atoms with Crippen LogP contribution in [0.15, 0.2) is 42.6 Å². The largest absolute Gasteiger partial charge is 0.478 e. The molecule has 3 aromatic heterocycles. The van der Waals surface area contributed by atoms with Gasteiger partial charge in [0.15, 0.2) is 5.65 Å². The number of rotatable bonds is 5. The Morgan fingerprint density at radius 1 is 1.30 bits per heavy atom. The molecule has 0 spiro atoms. The molecule has 0 saturated heterocycles. The van der Waals surface area contributed by atoms with Crippen molar-refractivity contribution < 1.29 is 9.90 Å². The zero-order valence-corrected chi connectivity index (χ0v) is 15.2. The van der Waals surface area contributed by atoms with E-state index in [2.05, 4.69) is 40.5 Å². The first-order valence-electron chi connectivity index (χ1n) is 8.88. The number of nitrogens with zero attached hydrogens (tertiary/aromatic N) is 3. The van der Waals surface area contributed by atoms with E-state index in [1.807, 2.05) is 24.4 Å². The van der Waals surface area contributed by atoms with Gasteiger partial charge in [-0.3, -0.25) is 0 Å². The number of aromatic nitrogens is 4. The van der Waals surface area contributed by atoms with Crippen molar-refractivity contribution in [1.29, 1.82) is 0 Å². The summed E-state index contributed by atoms with van der Waals surface area (Å²) >= 11 is 0. The molecule has 0 amide bonds. The van der Waals surface area contributed by atoms with Crippen molar-refractivity contribution in [3.63, 3.8) is 0 Å². The van der Waals surface area contributed by atoms with Crippen LogP contribution in [0.5, 0.6) is 0 Å². The van der Waals surface area contributed by atoms with E-state index >= 15 is 0 Å². The Kier molecular flexibility index (Phi) is 4.24. The van der Waals surface area contributed by atoms with E-state index < -0.39 is 5.97 Å². The maximum absolute atomic E-state index is 10.7. The molecule has 6 heteroatoms. The SMILES string of the molecule is CCc1nc2c(C)ccnc2n1Cc1ccc2[nH]c(C=CC(=O)O)cc2c1. The van der Waals surface area contributed by atoms with Gasteiger partial charge in [-0.25, -0.2) is 14.8 Å². The molecule has 0 bridgehead atoms. The molecule has 1 aromatic carbocycles. The van der Waals surface area contributed by atoms with E-state index in [0.717, 1.165) is 57.2 Å². The zero-order chi connectivity index (χ0) is 19.0. The molecule has 0 unspecified atom stereocenters. The molecule has 0 atom stereocenters. The minimum absolute atomic E-state index is 0.692. The quantitative estimate of drug-likeness (QED) is 0.528. The van der Waals surface area contributed by atoms with Crippen LogP contribution in [0.2, 0.25) is 0 Å². The van der Waals surface area contributed by atoms with Crippen LogP contribution >= 0.6 is 0 Å². The zero-order valence-electron chi connectivity index (χ0n) is 15.2. The number of aromatic amines is 1. The van der Waals surface area contributed by atoms with Crippen molar-refractivity contribution in [2.75, 3.05) is 0 Å². The number of benzene rings is 1. The van der Waals surface area contributed by atoms with Crippen LogP contribution in [-0.4, -0.2) is 30.6 Å². The van der Waals surface area contributed by atoms with Gasteiger partial charge in [0.2, 0.25) is 0 Å². The standard InChI is InChI=1S/C21H20N4O2/c1-3-18-24-20-13(2)8-9-22-21(20)25(18)12-14-4-6-17-15(10-14)11-16(23-17)5-7-19(26)27/h4-11,23H,3,12H2,1-2H3,(H,26,27). The van der Waals surface area contributed by atoms with Crippen LogP contribution in [0.4, 0.5) is 0 Å². The third kappa shape index (κ3) is 3.21. The lowest BCUT2D eigenvalue weighted by atomic mass is 10.1. The summed E-state index contributed by atoms with van der Waals surface area (Å²) in [6.07, 6.45) is 5.36. The van der Waals surface area contributed by atoms with E-state index in [1.165, 1.54) is 0 Å². The number of imidazole rings is 1. The van der Waals surface area contributed by atoms with Crippen LogP contribution in [0.3, 0.4) is 0 Å². The normalized spacial score (nSPS) is 11.8. The molecule has 4 aromatic rings. The number of hydrogen-bond donors (Lipinski definition) is 2. The minimum atomic E-state index is -0.962. The van der Waals surface area contributed by atoms with Crippen molar-refractivity contribution in [1.82, 2.24) is 19.5 Å². The molecule has 0 saturated carbocycles. The topological polar surface area (TPSA) is 83.8 Å². The molecular formula is C21H20N4O2. The predicted octanol–water partition coefficient (Wildman–Crippen LogP) is 3.93. The monoisotopic (exact) mass is 360 g/mol. The summed E-state index contributed by atoms with van der Waals surface area (Å²) in [5.74, 6) is 0.0577. The Morgan fingerprint density at radius 3 is 2.93 bits per heavy atom. The van der Waals surface area contributed by atoms with E-state index in [9.17, 15) is 4.79 Å². The van der Waals surface area contributed by atoms with Gasteiger partial charge in [-0.15, -0.1) is 0 Å². The smallest absolute Gasteiger partial charge is 0.328 e. The van der Waals surface area contributed by atoms with Crippen LogP contribution in [0, 0.1) is 6.92 Å². The van der Waals surface area contributed by atoms with E-state index in [-0.39, 0.29) is 0 Å². The average molecular weight is 360 g/mol. The second-order valence-electron chi connectivity index (χ2n) is 6.59. The number of carboxylic acid groups (broad SMARTS) is 1. The summed E-state index contributed by atoms with van der Waals surface area (Å²) in [7, 11) is 0. The van der Waals surface area contributed by atoms with Gasteiger partial charge in [0.1, 0.15) is 11.3 Å². The van der Waals surface area contributed by atoms with Crippen LogP contribution < -0.4 is 0 Å². The summed E-state index contributed by atoms with van der Waals surface area (Å²) in [6, 6.07) is 10.1. The van der Waals surface area contributed by atoms with Gasteiger partial charge in [-0.05, 0) is 48.4 Å². The lowest BCUT2D eigenvalue weighted by molar-refractivity contribution is -0.131. The van der Waals surface area contributed by atoms with Crippen molar-refractivity contribution in [2.45, 2.75) is 26.8 Å². The van der Waals surface area contributed by atoms with Gasteiger partial charge in [0, 0.05) is 35.3 Å². The summed E-state index contributed by atoms with van der Waals surface area (Å²) < 4.78 is 2.17. The number of H-pyrrole nitrogens is 1. The van der Waals surface area contributed by atoms with Gasteiger partial charge >= 0.3 is 5.97 Å². The first-order valence-corrected chi connectivity index (χ1v) is 8.88. The summed E-state index contributed by atoms with van der Waals surface area (Å²) in [4.78, 5) is 23.2. The molecule has 0 aliphatic carbocycles. The fourth-order valence-corrected chi connectivity index (χ4v) is 3.36. The first kappa shape index (κ1) is 17.0. The molecule has 0 fully saturated rings. The highest BCUT2D eigenvalue weighted by Crippen LogP contribution is 2.22. The van der Waals surface area contributed by atoms with Gasteiger partial charge in [-0.1, -0.05) is 13.0 Å². The molecule has 0 aliphatic heterocycles. The van der Waals surface area contributed by atoms with Crippen molar-refractivity contribution in [3.8, 4) is 0 Å². The highest BCUT2D eigenvalue weighted by Gasteiger charge is 2.13. The lowest BCUT2D eigenvalue weighted by Crippen LogP contribution is -2.05. The number of aliphatic carboxylic acids is 1. The van der Waals surface area contributed by atoms with E-state index in [0.29, 0.717) is 6.54 Å². The predicted molar refractivity (Wildman–Crippen MR) is 106 cm³/mol. The Morgan fingerprint density at radius 2 is 2.15 bits per heavy atom. The number of nitrogens with one attached hydrogen (secondary N) is 1. The number of carboxylic acids is 1. The third-order valence-electron chi connectivity index (χ3n) is 4.68. The van der Waals surface area contributed by atoms with Crippen molar-refractivity contribution >= 4 is 34.1 Å². The summed E-state index contributed by atoms with van der Waals surface area (Å²) in [5.41, 5.74) is 5.88. The number of pyridine rings is 1. The molecule has 0 aliphatic rings. The molecule has 136 valence electrons. The van der Waals surface area contributed by atoms with Gasteiger partial charge in [0.25, 0.3) is 0 Å². The van der Waals surface area contributed by atoms with Gasteiger partial charge in [-0.2, -0.15) is 0 Å². The molecule has 0 radical (unpaired) electrons. The van der Waals surface area contributed by atoms with Crippen LogP contribution in [0.25, 0.3) is 28.1 Å². The molecule has 4 rings (SSSR count). The Hall–Kier alpha value is -3.41. The number of hydrogen-bond acceptors (Lipinski definition) is 3. The third-order valence-corrected chi connectivity index (χ3v) is 4.68. The average Bonchev–Trinajstić information content (AvgIpc) is 3.21. The fourth-order valence-electron chi connectivity index (χ4n) is 3.36. The van der Waals surface area contributed by atoms with Gasteiger partial charge < -0.3 is 14.7 Å². The van der Waals surface area contributed by atoms with Crippen LogP contribution in [0.1, 0.15) is 29.6 Å². The van der Waals surface area contributed by atoms with E-state index in [1.54, 1.807) is 6.08 Å². The highest BCUT2D eigenvalue weighted by atomic mass is 16.4. The second-order valence-corrected chi connectivity index (χ2v) is 6.59. The fraction of sp³-hybridized carbons (Fsp3) is 0.190. The summed E-state index contributed by atoms with van der Waals surface area (Å²) in [6.45, 7) is 4.85. The summed E-state index contributed by atoms with van der Waals surface area (Å²) in [5, 5.41) is 9.82. The molecule has 6 nitrogen and oxygen atoms in total. The van der Waals surface area contributed by atoms with Crippen LogP contribution in [-0.2, 0) is 17.8 Å². The highest BCUT2D eigenvalue weighted by molar-refractivity contribution is 5.88. The Labute approximate surface area is 156 Å². The molecular weight excluding hydrogens is 340 g/mol. The second kappa shape index (κ2) is 6.72. The first-order chi connectivity index (χ1) is 13.0. The van der Waals surface area contributed by atoms with E-state index in [4.69, 9.17) is 10.1 Å². The Bertz CT molecular complexity index is 1180. The van der Waals surface area contributed by atoms with Gasteiger partial charge in [0.05, 0.1) is 6.54 Å². The minimum Gasteiger partial charge on any atom is -0.478 e. The molecule has 3 heterocycles.